The molecular formula is C11H8BrF2N3O. The van der Waals surface area contributed by atoms with E-state index in [4.69, 9.17) is 0 Å². The van der Waals surface area contributed by atoms with Gasteiger partial charge in [0.15, 0.2) is 17.4 Å². The molecule has 0 saturated heterocycles. The van der Waals surface area contributed by atoms with Gasteiger partial charge >= 0.3 is 0 Å². The van der Waals surface area contributed by atoms with Gasteiger partial charge in [0.1, 0.15) is 12.2 Å². The third kappa shape index (κ3) is 2.31. The third-order valence-corrected chi connectivity index (χ3v) is 3.23. The second-order valence-corrected chi connectivity index (χ2v) is 4.42. The molecule has 0 amide bonds. The summed E-state index contributed by atoms with van der Waals surface area (Å²) < 4.78 is 27.5. The molecule has 1 aromatic heterocycles. The van der Waals surface area contributed by atoms with Gasteiger partial charge < -0.3 is 0 Å². The predicted octanol–water partition coefficient (Wildman–Crippen LogP) is 2.28. The number of ketones is 1. The molecule has 18 heavy (non-hydrogen) atoms. The molecule has 2 rings (SSSR count). The summed E-state index contributed by atoms with van der Waals surface area (Å²) in [6.45, 7) is 0. The molecule has 2 aromatic rings. The quantitative estimate of drug-likeness (QED) is 0.645. The highest BCUT2D eigenvalue weighted by molar-refractivity contribution is 9.10. The summed E-state index contributed by atoms with van der Waals surface area (Å²) >= 11 is 2.88. The highest BCUT2D eigenvalue weighted by atomic mass is 79.9. The van der Waals surface area contributed by atoms with E-state index in [1.807, 2.05) is 0 Å². The Labute approximate surface area is 110 Å². The van der Waals surface area contributed by atoms with E-state index in [2.05, 4.69) is 26.0 Å². The van der Waals surface area contributed by atoms with Gasteiger partial charge in [-0.3, -0.25) is 9.48 Å². The molecule has 0 unspecified atom stereocenters. The van der Waals surface area contributed by atoms with Crippen molar-refractivity contribution in [1.82, 2.24) is 14.8 Å². The Bertz CT molecular complexity index is 612. The molecule has 0 aliphatic carbocycles. The lowest BCUT2D eigenvalue weighted by atomic mass is 10.1. The first kappa shape index (κ1) is 12.8. The summed E-state index contributed by atoms with van der Waals surface area (Å²) in [5, 5.41) is 3.82. The summed E-state index contributed by atoms with van der Waals surface area (Å²) in [4.78, 5) is 15.8. The Balaban J connectivity index is 2.30. The molecule has 0 fully saturated rings. The van der Waals surface area contributed by atoms with Crippen molar-refractivity contribution in [3.05, 3.63) is 46.0 Å². The molecule has 4 nitrogen and oxygen atoms in total. The van der Waals surface area contributed by atoms with Crippen LogP contribution in [0.5, 0.6) is 0 Å². The average Bonchev–Trinajstić information content (AvgIpc) is 2.72. The van der Waals surface area contributed by atoms with Crippen LogP contribution in [0.1, 0.15) is 16.2 Å². The van der Waals surface area contributed by atoms with Crippen molar-refractivity contribution in [3.8, 4) is 0 Å². The number of aryl methyl sites for hydroxylation is 1. The Morgan fingerprint density at radius 3 is 2.78 bits per heavy atom. The third-order valence-electron chi connectivity index (χ3n) is 2.46. The van der Waals surface area contributed by atoms with E-state index in [1.54, 1.807) is 7.05 Å². The number of benzene rings is 1. The van der Waals surface area contributed by atoms with Crippen LogP contribution < -0.4 is 0 Å². The van der Waals surface area contributed by atoms with Gasteiger partial charge in [-0.15, -0.1) is 0 Å². The first-order valence-electron chi connectivity index (χ1n) is 5.00. The Hall–Kier alpha value is -1.63. The Morgan fingerprint density at radius 1 is 1.44 bits per heavy atom. The fourth-order valence-corrected chi connectivity index (χ4v) is 2.00. The molecule has 1 heterocycles. The van der Waals surface area contributed by atoms with Gasteiger partial charge in [0, 0.05) is 12.6 Å². The number of Topliss-reactive ketones (excluding diaryl/α,β-unsaturated/α-hetero) is 1. The minimum atomic E-state index is -1.07. The number of hydrogen-bond acceptors (Lipinski definition) is 3. The number of rotatable bonds is 3. The lowest BCUT2D eigenvalue weighted by molar-refractivity contribution is 0.0988. The number of halogens is 3. The van der Waals surface area contributed by atoms with Crippen LogP contribution in [0.4, 0.5) is 8.78 Å². The smallest absolute Gasteiger partial charge is 0.173 e. The van der Waals surface area contributed by atoms with Crippen molar-refractivity contribution in [1.29, 1.82) is 0 Å². The highest BCUT2D eigenvalue weighted by Crippen LogP contribution is 2.24. The zero-order chi connectivity index (χ0) is 13.3. The van der Waals surface area contributed by atoms with Crippen molar-refractivity contribution in [3.63, 3.8) is 0 Å². The molecule has 0 radical (unpaired) electrons. The number of aromatic nitrogens is 3. The van der Waals surface area contributed by atoms with Crippen molar-refractivity contribution in [2.75, 3.05) is 0 Å². The highest BCUT2D eigenvalue weighted by Gasteiger charge is 2.18. The molecule has 7 heteroatoms. The first-order chi connectivity index (χ1) is 8.50. The summed E-state index contributed by atoms with van der Waals surface area (Å²) in [6.07, 6.45) is 1.29. The van der Waals surface area contributed by atoms with Crippen molar-refractivity contribution in [2.45, 2.75) is 6.42 Å². The van der Waals surface area contributed by atoms with Crippen LogP contribution in [0.15, 0.2) is 22.9 Å². The van der Waals surface area contributed by atoms with E-state index < -0.39 is 11.6 Å². The maximum Gasteiger partial charge on any atom is 0.173 e. The van der Waals surface area contributed by atoms with Gasteiger partial charge in [-0.05, 0) is 28.1 Å². The zero-order valence-corrected chi connectivity index (χ0v) is 10.9. The molecule has 0 saturated carbocycles. The van der Waals surface area contributed by atoms with Crippen LogP contribution in [0.2, 0.25) is 0 Å². The molecule has 0 atom stereocenters. The average molecular weight is 316 g/mol. The molecule has 0 aliphatic heterocycles. The second-order valence-electron chi connectivity index (χ2n) is 3.62. The van der Waals surface area contributed by atoms with Crippen molar-refractivity contribution in [2.24, 2.45) is 7.05 Å². The van der Waals surface area contributed by atoms with Gasteiger partial charge in [-0.25, -0.2) is 13.8 Å². The lowest BCUT2D eigenvalue weighted by Crippen LogP contribution is -2.10. The molecule has 94 valence electrons. The normalized spacial score (nSPS) is 10.7. The van der Waals surface area contributed by atoms with Gasteiger partial charge in [0.05, 0.1) is 10.9 Å². The van der Waals surface area contributed by atoms with Crippen LogP contribution in [-0.2, 0) is 13.5 Å². The standard InChI is InChI=1S/C11H8BrF2N3O/c1-17-9(15-5-16-17)4-8(18)6-2-3-7(13)11(14)10(6)12/h2-3,5H,4H2,1H3. The van der Waals surface area contributed by atoms with E-state index in [9.17, 15) is 13.6 Å². The van der Waals surface area contributed by atoms with Gasteiger partial charge in [0.2, 0.25) is 0 Å². The fourth-order valence-electron chi connectivity index (χ4n) is 1.46. The maximum atomic E-state index is 13.3. The van der Waals surface area contributed by atoms with Gasteiger partial charge in [-0.1, -0.05) is 0 Å². The Kier molecular flexibility index (Phi) is 3.51. The van der Waals surface area contributed by atoms with E-state index in [0.717, 1.165) is 6.07 Å². The Morgan fingerprint density at radius 2 is 2.17 bits per heavy atom. The number of carbonyl (C=O) groups excluding carboxylic acids is 1. The SMILES string of the molecule is Cn1ncnc1CC(=O)c1ccc(F)c(F)c1Br. The summed E-state index contributed by atoms with van der Waals surface area (Å²) in [5.41, 5.74) is 0.0805. The van der Waals surface area contributed by atoms with Crippen LogP contribution in [0.3, 0.4) is 0 Å². The molecule has 0 N–H and O–H groups in total. The van der Waals surface area contributed by atoms with Crippen LogP contribution in [0, 0.1) is 11.6 Å². The van der Waals surface area contributed by atoms with E-state index in [1.165, 1.54) is 17.1 Å². The number of carbonyl (C=O) groups is 1. The molecular weight excluding hydrogens is 308 g/mol. The summed E-state index contributed by atoms with van der Waals surface area (Å²) in [5.74, 6) is -1.98. The minimum Gasteiger partial charge on any atom is -0.294 e. The maximum absolute atomic E-state index is 13.3. The van der Waals surface area contributed by atoms with E-state index >= 15 is 0 Å². The lowest BCUT2D eigenvalue weighted by Gasteiger charge is -2.05. The summed E-state index contributed by atoms with van der Waals surface area (Å²) in [6, 6.07) is 2.16. The van der Waals surface area contributed by atoms with Crippen LogP contribution >= 0.6 is 15.9 Å². The molecule has 0 bridgehead atoms. The monoisotopic (exact) mass is 315 g/mol. The van der Waals surface area contributed by atoms with Gasteiger partial charge in [-0.2, -0.15) is 5.10 Å². The van der Waals surface area contributed by atoms with Gasteiger partial charge in [0.25, 0.3) is 0 Å². The van der Waals surface area contributed by atoms with E-state index in [-0.39, 0.29) is 22.2 Å². The number of nitrogens with zero attached hydrogens (tertiary/aromatic N) is 3. The minimum absolute atomic E-state index is 0.0276. The van der Waals surface area contributed by atoms with E-state index in [0.29, 0.717) is 5.82 Å². The molecule has 0 aliphatic rings. The van der Waals surface area contributed by atoms with Crippen LogP contribution in [-0.4, -0.2) is 20.5 Å². The first-order valence-corrected chi connectivity index (χ1v) is 5.79. The molecule has 0 spiro atoms. The fraction of sp³-hybridized carbons (Fsp3) is 0.182. The van der Waals surface area contributed by atoms with Crippen LogP contribution in [0.25, 0.3) is 0 Å². The molecule has 1 aromatic carbocycles. The van der Waals surface area contributed by atoms with Crippen molar-refractivity contribution < 1.29 is 13.6 Å². The topological polar surface area (TPSA) is 47.8 Å². The number of hydrogen-bond donors (Lipinski definition) is 0. The predicted molar refractivity (Wildman–Crippen MR) is 63.1 cm³/mol. The van der Waals surface area contributed by atoms with Crippen molar-refractivity contribution >= 4 is 21.7 Å². The largest absolute Gasteiger partial charge is 0.294 e. The zero-order valence-electron chi connectivity index (χ0n) is 9.32. The second kappa shape index (κ2) is 4.93. The summed E-state index contributed by atoms with van der Waals surface area (Å²) in [7, 11) is 1.65.